The highest BCUT2D eigenvalue weighted by molar-refractivity contribution is 7.98. The highest BCUT2D eigenvalue weighted by atomic mass is 32.2. The van der Waals surface area contributed by atoms with Crippen molar-refractivity contribution in [2.45, 2.75) is 10.6 Å². The first-order valence-electron chi connectivity index (χ1n) is 5.08. The number of nitrogens with two attached hydrogens (primary N) is 1. The summed E-state index contributed by atoms with van der Waals surface area (Å²) < 4.78 is 26.5. The molecule has 0 unspecified atom stereocenters. The lowest BCUT2D eigenvalue weighted by Gasteiger charge is -2.07. The standard InChI is InChI=1S/C13H11F2NS/c14-10-6-7-11(16)13(12(10)15)17-8-9-4-2-1-3-5-9/h1-7H,8,16H2. The lowest BCUT2D eigenvalue weighted by molar-refractivity contribution is 0.492. The number of halogens is 2. The maximum Gasteiger partial charge on any atom is 0.174 e. The number of hydrogen-bond donors (Lipinski definition) is 1. The molecule has 2 aromatic rings. The summed E-state index contributed by atoms with van der Waals surface area (Å²) in [4.78, 5) is 0.175. The van der Waals surface area contributed by atoms with E-state index in [1.807, 2.05) is 30.3 Å². The second-order valence-electron chi connectivity index (χ2n) is 3.55. The summed E-state index contributed by atoms with van der Waals surface area (Å²) in [5, 5.41) is 0. The normalized spacial score (nSPS) is 10.5. The predicted octanol–water partition coefficient (Wildman–Crippen LogP) is 3.84. The Kier molecular flexibility index (Phi) is 3.64. The molecule has 0 heterocycles. The number of anilines is 1. The predicted molar refractivity (Wildman–Crippen MR) is 66.8 cm³/mol. The van der Waals surface area contributed by atoms with Crippen molar-refractivity contribution in [2.75, 3.05) is 5.73 Å². The van der Waals surface area contributed by atoms with Crippen molar-refractivity contribution < 1.29 is 8.78 Å². The van der Waals surface area contributed by atoms with Gasteiger partial charge in [-0.05, 0) is 17.7 Å². The molecule has 1 nitrogen and oxygen atoms in total. The van der Waals surface area contributed by atoms with Crippen LogP contribution in [-0.4, -0.2) is 0 Å². The first-order valence-corrected chi connectivity index (χ1v) is 6.07. The van der Waals surface area contributed by atoms with E-state index in [2.05, 4.69) is 0 Å². The number of nitrogen functional groups attached to an aromatic ring is 1. The van der Waals surface area contributed by atoms with Crippen molar-refractivity contribution >= 4 is 17.4 Å². The minimum atomic E-state index is -0.870. The summed E-state index contributed by atoms with van der Waals surface area (Å²) in [5.74, 6) is -1.17. The van der Waals surface area contributed by atoms with Gasteiger partial charge in [-0.15, -0.1) is 11.8 Å². The average molecular weight is 251 g/mol. The second-order valence-corrected chi connectivity index (χ2v) is 4.54. The van der Waals surface area contributed by atoms with Crippen molar-refractivity contribution in [3.63, 3.8) is 0 Å². The lowest BCUT2D eigenvalue weighted by Crippen LogP contribution is -1.95. The molecule has 0 amide bonds. The van der Waals surface area contributed by atoms with Crippen LogP contribution in [0.5, 0.6) is 0 Å². The van der Waals surface area contributed by atoms with Crippen LogP contribution < -0.4 is 5.73 Å². The molecule has 0 saturated heterocycles. The Morgan fingerprint density at radius 2 is 1.71 bits per heavy atom. The molecule has 2 aromatic carbocycles. The molecular formula is C13H11F2NS. The van der Waals surface area contributed by atoms with Crippen LogP contribution in [0.1, 0.15) is 5.56 Å². The molecule has 0 atom stereocenters. The molecule has 0 aliphatic rings. The van der Waals surface area contributed by atoms with E-state index < -0.39 is 11.6 Å². The molecule has 0 bridgehead atoms. The zero-order valence-corrected chi connectivity index (χ0v) is 9.81. The zero-order valence-electron chi connectivity index (χ0n) is 8.99. The van der Waals surface area contributed by atoms with E-state index >= 15 is 0 Å². The molecule has 88 valence electrons. The van der Waals surface area contributed by atoms with Gasteiger partial charge in [-0.1, -0.05) is 30.3 Å². The fourth-order valence-electron chi connectivity index (χ4n) is 1.42. The molecule has 0 saturated carbocycles. The minimum Gasteiger partial charge on any atom is -0.398 e. The fraction of sp³-hybridized carbons (Fsp3) is 0.0769. The van der Waals surface area contributed by atoms with Crippen molar-refractivity contribution in [1.82, 2.24) is 0 Å². The van der Waals surface area contributed by atoms with Crippen molar-refractivity contribution in [3.05, 3.63) is 59.7 Å². The number of hydrogen-bond acceptors (Lipinski definition) is 2. The van der Waals surface area contributed by atoms with Crippen LogP contribution in [0.2, 0.25) is 0 Å². The highest BCUT2D eigenvalue weighted by Crippen LogP contribution is 2.31. The van der Waals surface area contributed by atoms with E-state index in [1.54, 1.807) is 0 Å². The van der Waals surface area contributed by atoms with Gasteiger partial charge in [0.05, 0.1) is 4.90 Å². The lowest BCUT2D eigenvalue weighted by atomic mass is 10.2. The molecule has 0 aromatic heterocycles. The van der Waals surface area contributed by atoms with Crippen LogP contribution in [0.4, 0.5) is 14.5 Å². The van der Waals surface area contributed by atoms with Crippen LogP contribution in [0.3, 0.4) is 0 Å². The minimum absolute atomic E-state index is 0.175. The summed E-state index contributed by atoms with van der Waals surface area (Å²) in [7, 11) is 0. The molecule has 0 radical (unpaired) electrons. The Morgan fingerprint density at radius 3 is 2.41 bits per heavy atom. The summed E-state index contributed by atoms with van der Waals surface area (Å²) in [5.41, 5.74) is 6.94. The fourth-order valence-corrected chi connectivity index (χ4v) is 2.39. The van der Waals surface area contributed by atoms with Crippen LogP contribution in [0, 0.1) is 11.6 Å². The van der Waals surface area contributed by atoms with Gasteiger partial charge in [0, 0.05) is 11.4 Å². The summed E-state index contributed by atoms with van der Waals surface area (Å²) >= 11 is 1.20. The molecule has 0 fully saturated rings. The molecule has 0 aliphatic carbocycles. The van der Waals surface area contributed by atoms with E-state index in [0.717, 1.165) is 11.6 Å². The molecule has 2 rings (SSSR count). The van der Waals surface area contributed by atoms with E-state index in [-0.39, 0.29) is 10.6 Å². The average Bonchev–Trinajstić information content (AvgIpc) is 2.35. The Labute approximate surface area is 103 Å². The topological polar surface area (TPSA) is 26.0 Å². The highest BCUT2D eigenvalue weighted by Gasteiger charge is 2.12. The SMILES string of the molecule is Nc1ccc(F)c(F)c1SCc1ccccc1. The van der Waals surface area contributed by atoms with E-state index in [4.69, 9.17) is 5.73 Å². The van der Waals surface area contributed by atoms with Gasteiger partial charge >= 0.3 is 0 Å². The maximum absolute atomic E-state index is 13.5. The third-order valence-corrected chi connectivity index (χ3v) is 3.49. The third kappa shape index (κ3) is 2.77. The number of thioether (sulfide) groups is 1. The van der Waals surface area contributed by atoms with Gasteiger partial charge in [-0.2, -0.15) is 0 Å². The van der Waals surface area contributed by atoms with Gasteiger partial charge in [0.15, 0.2) is 11.6 Å². The molecule has 0 spiro atoms. The van der Waals surface area contributed by atoms with Crippen LogP contribution in [0.15, 0.2) is 47.4 Å². The smallest absolute Gasteiger partial charge is 0.174 e. The summed E-state index contributed by atoms with van der Waals surface area (Å²) in [6, 6.07) is 12.0. The van der Waals surface area contributed by atoms with E-state index in [9.17, 15) is 8.78 Å². The molecule has 4 heteroatoms. The van der Waals surface area contributed by atoms with E-state index in [0.29, 0.717) is 5.75 Å². The van der Waals surface area contributed by atoms with Gasteiger partial charge < -0.3 is 5.73 Å². The van der Waals surface area contributed by atoms with Gasteiger partial charge in [0.25, 0.3) is 0 Å². The zero-order chi connectivity index (χ0) is 12.3. The third-order valence-electron chi connectivity index (χ3n) is 2.31. The van der Waals surface area contributed by atoms with Crippen LogP contribution in [-0.2, 0) is 5.75 Å². The van der Waals surface area contributed by atoms with Gasteiger partial charge in [0.2, 0.25) is 0 Å². The Bertz CT molecular complexity index is 514. The molecule has 2 N–H and O–H groups in total. The Hall–Kier alpha value is -1.55. The summed E-state index contributed by atoms with van der Waals surface area (Å²) in [6.45, 7) is 0. The van der Waals surface area contributed by atoms with Crippen molar-refractivity contribution in [2.24, 2.45) is 0 Å². The van der Waals surface area contributed by atoms with Crippen LogP contribution >= 0.6 is 11.8 Å². The van der Waals surface area contributed by atoms with Crippen molar-refractivity contribution in [1.29, 1.82) is 0 Å². The largest absolute Gasteiger partial charge is 0.398 e. The Balaban J connectivity index is 2.17. The maximum atomic E-state index is 13.5. The Morgan fingerprint density at radius 1 is 1.00 bits per heavy atom. The summed E-state index contributed by atoms with van der Waals surface area (Å²) in [6.07, 6.45) is 0. The second kappa shape index (κ2) is 5.19. The van der Waals surface area contributed by atoms with E-state index in [1.165, 1.54) is 17.8 Å². The monoisotopic (exact) mass is 251 g/mol. The van der Waals surface area contributed by atoms with Gasteiger partial charge in [0.1, 0.15) is 0 Å². The molecule has 0 aliphatic heterocycles. The van der Waals surface area contributed by atoms with Crippen LogP contribution in [0.25, 0.3) is 0 Å². The van der Waals surface area contributed by atoms with Gasteiger partial charge in [-0.3, -0.25) is 0 Å². The number of benzene rings is 2. The first-order chi connectivity index (χ1) is 8.18. The number of rotatable bonds is 3. The van der Waals surface area contributed by atoms with Gasteiger partial charge in [-0.25, -0.2) is 8.78 Å². The quantitative estimate of drug-likeness (QED) is 0.662. The molecule has 17 heavy (non-hydrogen) atoms. The van der Waals surface area contributed by atoms with Crippen molar-refractivity contribution in [3.8, 4) is 0 Å². The molecular weight excluding hydrogens is 240 g/mol. The first kappa shape index (κ1) is 11.9.